The quantitative estimate of drug-likeness (QED) is 0.727. The average molecular weight is 241 g/mol. The van der Waals surface area contributed by atoms with Crippen LogP contribution in [0.3, 0.4) is 0 Å². The second-order valence-electron chi connectivity index (χ2n) is 5.38. The van der Waals surface area contributed by atoms with E-state index in [4.69, 9.17) is 4.74 Å². The van der Waals surface area contributed by atoms with Crippen LogP contribution in [-0.4, -0.2) is 25.2 Å². The summed E-state index contributed by atoms with van der Waals surface area (Å²) < 4.78 is 5.39. The Morgan fingerprint density at radius 3 is 2.82 bits per heavy atom. The molecule has 1 saturated heterocycles. The lowest BCUT2D eigenvalue weighted by Gasteiger charge is -2.28. The van der Waals surface area contributed by atoms with Gasteiger partial charge in [-0.15, -0.1) is 0 Å². The lowest BCUT2D eigenvalue weighted by atomic mass is 9.85. The monoisotopic (exact) mass is 241 g/mol. The smallest absolute Gasteiger partial charge is 0.306 e. The number of rotatable bonds is 6. The molecule has 3 atom stereocenters. The van der Waals surface area contributed by atoms with Gasteiger partial charge in [-0.05, 0) is 51.1 Å². The normalized spacial score (nSPS) is 24.1. The summed E-state index contributed by atoms with van der Waals surface area (Å²) in [6.07, 6.45) is 5.15. The summed E-state index contributed by atoms with van der Waals surface area (Å²) in [6, 6.07) is 0. The van der Waals surface area contributed by atoms with Gasteiger partial charge in [0.25, 0.3) is 0 Å². The van der Waals surface area contributed by atoms with Gasteiger partial charge in [-0.3, -0.25) is 4.79 Å². The predicted molar refractivity (Wildman–Crippen MR) is 69.8 cm³/mol. The first-order valence-corrected chi connectivity index (χ1v) is 7.03. The zero-order valence-corrected chi connectivity index (χ0v) is 11.5. The van der Waals surface area contributed by atoms with Gasteiger partial charge in [0.2, 0.25) is 0 Å². The SMILES string of the molecule is CCCC(C)OC(=O)CC(C)C1CCCNC1. The Bertz CT molecular complexity index is 224. The van der Waals surface area contributed by atoms with E-state index < -0.39 is 0 Å². The van der Waals surface area contributed by atoms with Gasteiger partial charge >= 0.3 is 5.97 Å². The second kappa shape index (κ2) is 7.70. The third-order valence-corrected chi connectivity index (χ3v) is 3.66. The van der Waals surface area contributed by atoms with E-state index in [-0.39, 0.29) is 12.1 Å². The van der Waals surface area contributed by atoms with Gasteiger partial charge in [0.05, 0.1) is 6.10 Å². The highest BCUT2D eigenvalue weighted by molar-refractivity contribution is 5.69. The van der Waals surface area contributed by atoms with Crippen LogP contribution < -0.4 is 5.32 Å². The molecular formula is C14H27NO2. The Kier molecular flexibility index (Phi) is 6.56. The van der Waals surface area contributed by atoms with E-state index in [9.17, 15) is 4.79 Å². The third kappa shape index (κ3) is 5.53. The summed E-state index contributed by atoms with van der Waals surface area (Å²) in [7, 11) is 0. The average Bonchev–Trinajstić information content (AvgIpc) is 2.30. The van der Waals surface area contributed by atoms with E-state index in [1.807, 2.05) is 6.92 Å². The van der Waals surface area contributed by atoms with Crippen LogP contribution in [0.15, 0.2) is 0 Å². The zero-order valence-electron chi connectivity index (χ0n) is 11.5. The molecule has 3 nitrogen and oxygen atoms in total. The molecule has 0 aromatic rings. The van der Waals surface area contributed by atoms with Crippen LogP contribution in [0, 0.1) is 11.8 Å². The van der Waals surface area contributed by atoms with Crippen LogP contribution in [0.5, 0.6) is 0 Å². The molecule has 0 bridgehead atoms. The minimum Gasteiger partial charge on any atom is -0.463 e. The number of esters is 1. The van der Waals surface area contributed by atoms with Crippen LogP contribution in [0.1, 0.15) is 52.9 Å². The fourth-order valence-electron chi connectivity index (χ4n) is 2.53. The first-order chi connectivity index (χ1) is 8.13. The molecule has 0 aliphatic carbocycles. The van der Waals surface area contributed by atoms with E-state index >= 15 is 0 Å². The molecule has 0 aromatic carbocycles. The van der Waals surface area contributed by atoms with Crippen molar-refractivity contribution in [2.24, 2.45) is 11.8 Å². The maximum absolute atomic E-state index is 11.7. The highest BCUT2D eigenvalue weighted by Crippen LogP contribution is 2.23. The van der Waals surface area contributed by atoms with E-state index in [0.717, 1.165) is 25.9 Å². The Morgan fingerprint density at radius 1 is 1.47 bits per heavy atom. The molecular weight excluding hydrogens is 214 g/mol. The summed E-state index contributed by atoms with van der Waals surface area (Å²) in [5.74, 6) is 1.05. The van der Waals surface area contributed by atoms with Gasteiger partial charge in [0.1, 0.15) is 0 Å². The van der Waals surface area contributed by atoms with Crippen molar-refractivity contribution in [1.29, 1.82) is 0 Å². The molecule has 1 fully saturated rings. The molecule has 1 aliphatic heterocycles. The summed E-state index contributed by atoms with van der Waals surface area (Å²) in [5.41, 5.74) is 0. The van der Waals surface area contributed by atoms with Gasteiger partial charge in [-0.1, -0.05) is 20.3 Å². The van der Waals surface area contributed by atoms with Gasteiger partial charge < -0.3 is 10.1 Å². The third-order valence-electron chi connectivity index (χ3n) is 3.66. The van der Waals surface area contributed by atoms with Gasteiger partial charge in [-0.2, -0.15) is 0 Å². The number of nitrogens with one attached hydrogen (secondary N) is 1. The minimum atomic E-state index is -0.0241. The molecule has 100 valence electrons. The summed E-state index contributed by atoms with van der Waals surface area (Å²) in [4.78, 5) is 11.7. The highest BCUT2D eigenvalue weighted by atomic mass is 16.5. The fourth-order valence-corrected chi connectivity index (χ4v) is 2.53. The molecule has 0 amide bonds. The lowest BCUT2D eigenvalue weighted by molar-refractivity contribution is -0.150. The number of hydrogen-bond donors (Lipinski definition) is 1. The van der Waals surface area contributed by atoms with Crippen LogP contribution in [0.2, 0.25) is 0 Å². The van der Waals surface area contributed by atoms with E-state index in [1.54, 1.807) is 0 Å². The maximum Gasteiger partial charge on any atom is 0.306 e. The van der Waals surface area contributed by atoms with E-state index in [0.29, 0.717) is 18.3 Å². The van der Waals surface area contributed by atoms with Crippen molar-refractivity contribution >= 4 is 5.97 Å². The molecule has 0 radical (unpaired) electrons. The Morgan fingerprint density at radius 2 is 2.24 bits per heavy atom. The Balaban J connectivity index is 2.24. The number of carbonyl (C=O) groups excluding carboxylic acids is 1. The van der Waals surface area contributed by atoms with Crippen molar-refractivity contribution < 1.29 is 9.53 Å². The van der Waals surface area contributed by atoms with Crippen molar-refractivity contribution in [2.45, 2.75) is 59.0 Å². The van der Waals surface area contributed by atoms with E-state index in [2.05, 4.69) is 19.2 Å². The van der Waals surface area contributed by atoms with Crippen molar-refractivity contribution in [3.05, 3.63) is 0 Å². The van der Waals surface area contributed by atoms with Gasteiger partial charge in [-0.25, -0.2) is 0 Å². The van der Waals surface area contributed by atoms with E-state index in [1.165, 1.54) is 12.8 Å². The standard InChI is InChI=1S/C14H27NO2/c1-4-6-12(3)17-14(16)9-11(2)13-7-5-8-15-10-13/h11-13,15H,4-10H2,1-3H3. The van der Waals surface area contributed by atoms with Gasteiger partial charge in [0, 0.05) is 6.42 Å². The van der Waals surface area contributed by atoms with Crippen molar-refractivity contribution in [1.82, 2.24) is 5.32 Å². The Hall–Kier alpha value is -0.570. The molecule has 1 aliphatic rings. The molecule has 1 rings (SSSR count). The number of piperidine rings is 1. The second-order valence-corrected chi connectivity index (χ2v) is 5.38. The highest BCUT2D eigenvalue weighted by Gasteiger charge is 2.23. The predicted octanol–water partition coefficient (Wildman–Crippen LogP) is 2.74. The van der Waals surface area contributed by atoms with Crippen LogP contribution >= 0.6 is 0 Å². The minimum absolute atomic E-state index is 0.0241. The topological polar surface area (TPSA) is 38.3 Å². The number of carbonyl (C=O) groups is 1. The first kappa shape index (κ1) is 14.5. The van der Waals surface area contributed by atoms with Crippen molar-refractivity contribution in [3.8, 4) is 0 Å². The van der Waals surface area contributed by atoms with Crippen molar-refractivity contribution in [2.75, 3.05) is 13.1 Å². The summed E-state index contributed by atoms with van der Waals surface area (Å²) >= 11 is 0. The van der Waals surface area contributed by atoms with Crippen LogP contribution in [0.25, 0.3) is 0 Å². The molecule has 0 aromatic heterocycles. The van der Waals surface area contributed by atoms with Crippen LogP contribution in [-0.2, 0) is 9.53 Å². The molecule has 0 spiro atoms. The molecule has 3 unspecified atom stereocenters. The van der Waals surface area contributed by atoms with Gasteiger partial charge in [0.15, 0.2) is 0 Å². The van der Waals surface area contributed by atoms with Crippen molar-refractivity contribution in [3.63, 3.8) is 0 Å². The fraction of sp³-hybridized carbons (Fsp3) is 0.929. The molecule has 17 heavy (non-hydrogen) atoms. The molecule has 1 N–H and O–H groups in total. The molecule has 0 saturated carbocycles. The largest absolute Gasteiger partial charge is 0.463 e. The number of ether oxygens (including phenoxy) is 1. The van der Waals surface area contributed by atoms with Crippen LogP contribution in [0.4, 0.5) is 0 Å². The molecule has 1 heterocycles. The number of hydrogen-bond acceptors (Lipinski definition) is 3. The Labute approximate surface area is 105 Å². The lowest BCUT2D eigenvalue weighted by Crippen LogP contribution is -2.34. The maximum atomic E-state index is 11.7. The molecule has 3 heteroatoms. The summed E-state index contributed by atoms with van der Waals surface area (Å²) in [5, 5.41) is 3.40. The summed E-state index contributed by atoms with van der Waals surface area (Å²) in [6.45, 7) is 8.44. The zero-order chi connectivity index (χ0) is 12.7. The first-order valence-electron chi connectivity index (χ1n) is 7.03.